The van der Waals surface area contributed by atoms with Crippen molar-refractivity contribution >= 4 is 56.7 Å². The summed E-state index contributed by atoms with van der Waals surface area (Å²) < 4.78 is 0. The average Bonchev–Trinajstić information content (AvgIpc) is 3.18. The molecule has 1 N–H and O–H groups in total. The summed E-state index contributed by atoms with van der Waals surface area (Å²) in [6.45, 7) is 0. The van der Waals surface area contributed by atoms with Crippen molar-refractivity contribution in [2.24, 2.45) is 0 Å². The Hall–Kier alpha value is -2.35. The molecule has 0 radical (unpaired) electrons. The van der Waals surface area contributed by atoms with Crippen molar-refractivity contribution in [1.82, 2.24) is 9.97 Å². The Bertz CT molecular complexity index is 1070. The maximum Gasteiger partial charge on any atom is 0.234 e. The molecule has 27 heavy (non-hydrogen) atoms. The van der Waals surface area contributed by atoms with Gasteiger partial charge in [-0.2, -0.15) is 0 Å². The number of nitrogens with one attached hydrogen (secondary N) is 1. The van der Waals surface area contributed by atoms with Crippen LogP contribution in [0.1, 0.15) is 0 Å². The molecule has 0 atom stereocenters. The van der Waals surface area contributed by atoms with Gasteiger partial charge >= 0.3 is 0 Å². The first-order valence-corrected chi connectivity index (χ1v) is 10.9. The lowest BCUT2D eigenvalue weighted by Crippen LogP contribution is -2.14. The van der Waals surface area contributed by atoms with Crippen molar-refractivity contribution in [2.45, 2.75) is 14.8 Å². The van der Waals surface area contributed by atoms with E-state index in [0.29, 0.717) is 5.75 Å². The summed E-state index contributed by atoms with van der Waals surface area (Å²) in [5, 5.41) is 6.84. The first-order valence-electron chi connectivity index (χ1n) is 8.22. The molecular weight excluding hydrogens is 394 g/mol. The minimum atomic E-state index is -0.0527. The molecule has 4 aromatic rings. The maximum absolute atomic E-state index is 12.5. The van der Waals surface area contributed by atoms with Crippen molar-refractivity contribution in [3.8, 4) is 0 Å². The molecule has 0 aliphatic carbocycles. The van der Waals surface area contributed by atoms with Crippen LogP contribution >= 0.6 is 34.9 Å². The minimum Gasteiger partial charge on any atom is -0.324 e. The van der Waals surface area contributed by atoms with Crippen LogP contribution in [-0.2, 0) is 4.79 Å². The van der Waals surface area contributed by atoms with Gasteiger partial charge < -0.3 is 5.32 Å². The molecule has 0 unspecified atom stereocenters. The molecule has 0 aliphatic rings. The Labute approximate surface area is 169 Å². The molecule has 2 aromatic carbocycles. The van der Waals surface area contributed by atoms with E-state index in [0.717, 1.165) is 30.7 Å². The summed E-state index contributed by atoms with van der Waals surface area (Å²) in [6.07, 6.45) is 1.55. The van der Waals surface area contributed by atoms with Gasteiger partial charge in [0.25, 0.3) is 0 Å². The predicted molar refractivity (Wildman–Crippen MR) is 114 cm³/mol. The number of aromatic nitrogens is 2. The van der Waals surface area contributed by atoms with E-state index < -0.39 is 0 Å². The van der Waals surface area contributed by atoms with E-state index in [9.17, 15) is 4.79 Å². The zero-order valence-corrected chi connectivity index (χ0v) is 16.6. The highest BCUT2D eigenvalue weighted by molar-refractivity contribution is 8.00. The highest BCUT2D eigenvalue weighted by Gasteiger charge is 2.11. The van der Waals surface area contributed by atoms with Gasteiger partial charge in [-0.1, -0.05) is 53.9 Å². The number of thioether (sulfide) groups is 1. The van der Waals surface area contributed by atoms with Gasteiger partial charge in [0, 0.05) is 15.2 Å². The lowest BCUT2D eigenvalue weighted by molar-refractivity contribution is -0.113. The van der Waals surface area contributed by atoms with Crippen LogP contribution in [0.4, 0.5) is 5.69 Å². The third-order valence-corrected chi connectivity index (χ3v) is 6.61. The summed E-state index contributed by atoms with van der Waals surface area (Å²) >= 11 is 4.63. The second kappa shape index (κ2) is 8.56. The van der Waals surface area contributed by atoms with Gasteiger partial charge in [-0.15, -0.1) is 11.3 Å². The lowest BCUT2D eigenvalue weighted by atomic mass is 10.3. The van der Waals surface area contributed by atoms with Crippen molar-refractivity contribution in [3.63, 3.8) is 0 Å². The van der Waals surface area contributed by atoms with Crippen LogP contribution in [0.2, 0.25) is 0 Å². The molecular formula is C20H15N3OS3. The number of fused-ring (bicyclic) bond motifs is 1. The fraction of sp³-hybridized carbons (Fsp3) is 0.0500. The predicted octanol–water partition coefficient (Wildman–Crippen LogP) is 5.57. The Morgan fingerprint density at radius 3 is 2.70 bits per heavy atom. The summed E-state index contributed by atoms with van der Waals surface area (Å²) in [5.41, 5.74) is 0.820. The molecule has 0 saturated heterocycles. The zero-order chi connectivity index (χ0) is 18.5. The van der Waals surface area contributed by atoms with Crippen molar-refractivity contribution in [1.29, 1.82) is 0 Å². The Morgan fingerprint density at radius 2 is 1.81 bits per heavy atom. The monoisotopic (exact) mass is 409 g/mol. The van der Waals surface area contributed by atoms with E-state index in [-0.39, 0.29) is 5.91 Å². The molecule has 0 fully saturated rings. The van der Waals surface area contributed by atoms with Gasteiger partial charge in [0.05, 0.1) is 11.4 Å². The van der Waals surface area contributed by atoms with Crippen LogP contribution in [0, 0.1) is 0 Å². The highest BCUT2D eigenvalue weighted by atomic mass is 32.2. The first-order chi connectivity index (χ1) is 13.3. The summed E-state index contributed by atoms with van der Waals surface area (Å²) in [4.78, 5) is 24.1. The molecule has 0 aliphatic heterocycles. The van der Waals surface area contributed by atoms with Crippen LogP contribution < -0.4 is 5.32 Å². The quantitative estimate of drug-likeness (QED) is 0.333. The van der Waals surface area contributed by atoms with E-state index in [2.05, 4.69) is 27.4 Å². The summed E-state index contributed by atoms with van der Waals surface area (Å²) in [7, 11) is 0. The molecule has 4 nitrogen and oxygen atoms in total. The SMILES string of the molecule is O=C(CSc1ncnc2sccc12)Nc1ccccc1Sc1ccccc1. The van der Waals surface area contributed by atoms with Gasteiger partial charge in [-0.3, -0.25) is 4.79 Å². The number of carbonyl (C=O) groups excluding carboxylic acids is 1. The maximum atomic E-state index is 12.5. The molecule has 2 aromatic heterocycles. The largest absolute Gasteiger partial charge is 0.324 e. The second-order valence-electron chi connectivity index (χ2n) is 5.57. The van der Waals surface area contributed by atoms with Gasteiger partial charge in [0.1, 0.15) is 16.2 Å². The zero-order valence-electron chi connectivity index (χ0n) is 14.2. The van der Waals surface area contributed by atoms with E-state index in [1.807, 2.05) is 53.9 Å². The number of carbonyl (C=O) groups is 1. The second-order valence-corrected chi connectivity index (χ2v) is 8.54. The smallest absolute Gasteiger partial charge is 0.234 e. The van der Waals surface area contributed by atoms with Crippen LogP contribution in [-0.4, -0.2) is 21.6 Å². The molecule has 0 saturated carbocycles. The highest BCUT2D eigenvalue weighted by Crippen LogP contribution is 2.33. The first kappa shape index (κ1) is 18.0. The van der Waals surface area contributed by atoms with Crippen molar-refractivity contribution < 1.29 is 4.79 Å². The van der Waals surface area contributed by atoms with E-state index >= 15 is 0 Å². The number of anilines is 1. The number of thiophene rings is 1. The Kier molecular flexibility index (Phi) is 5.72. The third-order valence-electron chi connectivity index (χ3n) is 3.70. The standard InChI is InChI=1S/C20H15N3OS3/c24-18(12-26-20-15-10-11-25-19(15)21-13-22-20)23-16-8-4-5-9-17(16)27-14-6-2-1-3-7-14/h1-11,13H,12H2,(H,23,24). The molecule has 4 rings (SSSR count). The fourth-order valence-electron chi connectivity index (χ4n) is 2.48. The van der Waals surface area contributed by atoms with E-state index in [4.69, 9.17) is 0 Å². The lowest BCUT2D eigenvalue weighted by Gasteiger charge is -2.10. The third kappa shape index (κ3) is 4.50. The van der Waals surface area contributed by atoms with Crippen LogP contribution in [0.5, 0.6) is 0 Å². The average molecular weight is 410 g/mol. The topological polar surface area (TPSA) is 54.9 Å². The Morgan fingerprint density at radius 1 is 1.00 bits per heavy atom. The molecule has 134 valence electrons. The molecule has 0 bridgehead atoms. The normalized spacial score (nSPS) is 10.8. The minimum absolute atomic E-state index is 0.0527. The van der Waals surface area contributed by atoms with Crippen LogP contribution in [0.25, 0.3) is 10.2 Å². The number of para-hydroxylation sites is 1. The van der Waals surface area contributed by atoms with Crippen molar-refractivity contribution in [3.05, 3.63) is 72.4 Å². The molecule has 7 heteroatoms. The van der Waals surface area contributed by atoms with Gasteiger partial charge in [-0.05, 0) is 35.7 Å². The van der Waals surface area contributed by atoms with Crippen LogP contribution in [0.3, 0.4) is 0 Å². The van der Waals surface area contributed by atoms with Crippen LogP contribution in [0.15, 0.2) is 87.2 Å². The number of benzene rings is 2. The molecule has 2 heterocycles. The fourth-order valence-corrected chi connectivity index (χ4v) is 4.98. The summed E-state index contributed by atoms with van der Waals surface area (Å²) in [5.74, 6) is 0.245. The Balaban J connectivity index is 1.43. The van der Waals surface area contributed by atoms with E-state index in [1.165, 1.54) is 11.8 Å². The number of hydrogen-bond donors (Lipinski definition) is 1. The molecule has 0 spiro atoms. The number of amides is 1. The number of hydrogen-bond acceptors (Lipinski definition) is 6. The van der Waals surface area contributed by atoms with E-state index in [1.54, 1.807) is 29.4 Å². The van der Waals surface area contributed by atoms with Crippen molar-refractivity contribution in [2.75, 3.05) is 11.1 Å². The molecule has 1 amide bonds. The van der Waals surface area contributed by atoms with Gasteiger partial charge in [0.2, 0.25) is 5.91 Å². The number of rotatable bonds is 6. The number of nitrogens with zero attached hydrogens (tertiary/aromatic N) is 2. The van der Waals surface area contributed by atoms with Gasteiger partial charge in [-0.25, -0.2) is 9.97 Å². The van der Waals surface area contributed by atoms with Gasteiger partial charge in [0.15, 0.2) is 0 Å². The summed E-state index contributed by atoms with van der Waals surface area (Å²) in [6, 6.07) is 20.0.